The van der Waals surface area contributed by atoms with Gasteiger partial charge >= 0.3 is 5.97 Å². The summed E-state index contributed by atoms with van der Waals surface area (Å²) in [5, 5.41) is 8.74. The normalized spacial score (nSPS) is 11.1. The summed E-state index contributed by atoms with van der Waals surface area (Å²) < 4.78 is 32.8. The smallest absolute Gasteiger partial charge is 0.307 e. The van der Waals surface area contributed by atoms with Crippen LogP contribution < -0.4 is 9.46 Å². The zero-order valence-corrected chi connectivity index (χ0v) is 14.3. The lowest BCUT2D eigenvalue weighted by molar-refractivity contribution is -0.136. The molecule has 6 nitrogen and oxygen atoms in total. The van der Waals surface area contributed by atoms with Gasteiger partial charge in [0.05, 0.1) is 17.9 Å². The number of nitrogens with one attached hydrogen (secondary N) is 1. The standard InChI is InChI=1S/C17H19NO5S/c1-3-23-16-9-8-15(10-12(16)2)24(21,22)18-14-6-4-13(5-7-14)11-17(19)20/h4-10,18H,3,11H2,1-2H3,(H,19,20). The van der Waals surface area contributed by atoms with Gasteiger partial charge in [-0.15, -0.1) is 0 Å². The number of benzene rings is 2. The lowest BCUT2D eigenvalue weighted by Gasteiger charge is -2.11. The molecule has 2 aromatic carbocycles. The molecule has 0 saturated carbocycles. The van der Waals surface area contributed by atoms with E-state index in [0.29, 0.717) is 23.6 Å². The van der Waals surface area contributed by atoms with Crippen LogP contribution in [0.2, 0.25) is 0 Å². The number of hydrogen-bond donors (Lipinski definition) is 2. The summed E-state index contributed by atoms with van der Waals surface area (Å²) in [6, 6.07) is 10.9. The van der Waals surface area contributed by atoms with Crippen LogP contribution in [0.4, 0.5) is 5.69 Å². The zero-order chi connectivity index (χ0) is 17.7. The molecule has 24 heavy (non-hydrogen) atoms. The molecule has 2 N–H and O–H groups in total. The molecule has 0 amide bonds. The maximum atomic E-state index is 12.4. The van der Waals surface area contributed by atoms with Crippen molar-refractivity contribution in [2.24, 2.45) is 0 Å². The quantitative estimate of drug-likeness (QED) is 0.802. The molecule has 0 aliphatic rings. The van der Waals surface area contributed by atoms with Crippen molar-refractivity contribution >= 4 is 21.7 Å². The minimum Gasteiger partial charge on any atom is -0.494 e. The molecule has 0 aliphatic carbocycles. The van der Waals surface area contributed by atoms with Gasteiger partial charge < -0.3 is 9.84 Å². The van der Waals surface area contributed by atoms with Crippen molar-refractivity contribution in [2.45, 2.75) is 25.2 Å². The highest BCUT2D eigenvalue weighted by atomic mass is 32.2. The van der Waals surface area contributed by atoms with Crippen LogP contribution in [0, 0.1) is 6.92 Å². The number of carbonyl (C=O) groups is 1. The highest BCUT2D eigenvalue weighted by molar-refractivity contribution is 7.92. The van der Waals surface area contributed by atoms with E-state index in [1.807, 2.05) is 6.92 Å². The molecule has 0 unspecified atom stereocenters. The van der Waals surface area contributed by atoms with Crippen LogP contribution in [0.25, 0.3) is 0 Å². The Labute approximate surface area is 141 Å². The molecule has 0 aliphatic heterocycles. The van der Waals surface area contributed by atoms with E-state index in [1.165, 1.54) is 18.2 Å². The first-order valence-electron chi connectivity index (χ1n) is 7.39. The lowest BCUT2D eigenvalue weighted by atomic mass is 10.1. The molecule has 0 radical (unpaired) electrons. The Kier molecular flexibility index (Phi) is 5.46. The molecule has 0 saturated heterocycles. The summed E-state index contributed by atoms with van der Waals surface area (Å²) in [7, 11) is -3.73. The summed E-state index contributed by atoms with van der Waals surface area (Å²) in [6.45, 7) is 4.15. The van der Waals surface area contributed by atoms with E-state index < -0.39 is 16.0 Å². The highest BCUT2D eigenvalue weighted by Crippen LogP contribution is 2.23. The molecule has 0 atom stereocenters. The Morgan fingerprint density at radius 1 is 1.17 bits per heavy atom. The number of rotatable bonds is 7. The average Bonchev–Trinajstić information content (AvgIpc) is 2.50. The molecule has 0 fully saturated rings. The number of anilines is 1. The molecular weight excluding hydrogens is 330 g/mol. The predicted molar refractivity (Wildman–Crippen MR) is 90.9 cm³/mol. The molecule has 2 rings (SSSR count). The Morgan fingerprint density at radius 2 is 1.83 bits per heavy atom. The summed E-state index contributed by atoms with van der Waals surface area (Å²) in [5.41, 5.74) is 1.70. The summed E-state index contributed by atoms with van der Waals surface area (Å²) in [5.74, 6) is -0.289. The second-order valence-corrected chi connectivity index (χ2v) is 6.92. The van der Waals surface area contributed by atoms with Crippen LogP contribution in [0.5, 0.6) is 5.75 Å². The lowest BCUT2D eigenvalue weighted by Crippen LogP contribution is -2.13. The minimum absolute atomic E-state index is 0.106. The van der Waals surface area contributed by atoms with Crippen molar-refractivity contribution in [1.29, 1.82) is 0 Å². The third-order valence-corrected chi connectivity index (χ3v) is 4.70. The van der Waals surface area contributed by atoms with E-state index in [0.717, 1.165) is 5.56 Å². The molecule has 0 aromatic heterocycles. The van der Waals surface area contributed by atoms with Gasteiger partial charge in [0, 0.05) is 5.69 Å². The first kappa shape index (κ1) is 17.8. The van der Waals surface area contributed by atoms with Gasteiger partial charge in [-0.05, 0) is 55.3 Å². The molecule has 128 valence electrons. The number of ether oxygens (including phenoxy) is 1. The zero-order valence-electron chi connectivity index (χ0n) is 13.4. The van der Waals surface area contributed by atoms with Crippen LogP contribution in [-0.4, -0.2) is 26.1 Å². The minimum atomic E-state index is -3.73. The van der Waals surface area contributed by atoms with E-state index in [1.54, 1.807) is 31.2 Å². The van der Waals surface area contributed by atoms with Crippen LogP contribution in [0.15, 0.2) is 47.4 Å². The van der Waals surface area contributed by atoms with Crippen LogP contribution in [-0.2, 0) is 21.2 Å². The maximum Gasteiger partial charge on any atom is 0.307 e. The number of carboxylic acids is 1. The first-order chi connectivity index (χ1) is 11.3. The van der Waals surface area contributed by atoms with E-state index in [-0.39, 0.29) is 11.3 Å². The first-order valence-corrected chi connectivity index (χ1v) is 8.87. The van der Waals surface area contributed by atoms with Crippen LogP contribution in [0.1, 0.15) is 18.1 Å². The predicted octanol–water partition coefficient (Wildman–Crippen LogP) is 2.82. The number of aliphatic carboxylic acids is 1. The third-order valence-electron chi connectivity index (χ3n) is 3.32. The Balaban J connectivity index is 2.19. The average molecular weight is 349 g/mol. The molecule has 2 aromatic rings. The molecule has 0 bridgehead atoms. The molecule has 0 spiro atoms. The van der Waals surface area contributed by atoms with Crippen molar-refractivity contribution < 1.29 is 23.1 Å². The van der Waals surface area contributed by atoms with E-state index in [9.17, 15) is 13.2 Å². The Hall–Kier alpha value is -2.54. The number of sulfonamides is 1. The second kappa shape index (κ2) is 7.35. The van der Waals surface area contributed by atoms with Gasteiger partial charge in [-0.3, -0.25) is 9.52 Å². The van der Waals surface area contributed by atoms with Gasteiger partial charge in [-0.1, -0.05) is 12.1 Å². The van der Waals surface area contributed by atoms with Crippen molar-refractivity contribution in [3.05, 3.63) is 53.6 Å². The van der Waals surface area contributed by atoms with Gasteiger partial charge in [0.1, 0.15) is 5.75 Å². The fraction of sp³-hybridized carbons (Fsp3) is 0.235. The van der Waals surface area contributed by atoms with Crippen molar-refractivity contribution in [3.63, 3.8) is 0 Å². The summed E-state index contributed by atoms with van der Waals surface area (Å²) in [4.78, 5) is 10.8. The van der Waals surface area contributed by atoms with Gasteiger partial charge in [-0.25, -0.2) is 8.42 Å². The Morgan fingerprint density at radius 3 is 2.38 bits per heavy atom. The fourth-order valence-corrected chi connectivity index (χ4v) is 3.33. The van der Waals surface area contributed by atoms with E-state index in [2.05, 4.69) is 4.72 Å². The summed E-state index contributed by atoms with van der Waals surface area (Å²) in [6.07, 6.45) is -0.106. The van der Waals surface area contributed by atoms with Gasteiger partial charge in [0.2, 0.25) is 0 Å². The van der Waals surface area contributed by atoms with Crippen molar-refractivity contribution in [2.75, 3.05) is 11.3 Å². The van der Waals surface area contributed by atoms with Crippen molar-refractivity contribution in [1.82, 2.24) is 0 Å². The largest absolute Gasteiger partial charge is 0.494 e. The van der Waals surface area contributed by atoms with E-state index >= 15 is 0 Å². The van der Waals surface area contributed by atoms with Crippen molar-refractivity contribution in [3.8, 4) is 5.75 Å². The fourth-order valence-electron chi connectivity index (χ4n) is 2.19. The Bertz CT molecular complexity index is 829. The second-order valence-electron chi connectivity index (χ2n) is 5.23. The van der Waals surface area contributed by atoms with Gasteiger partial charge in [0.15, 0.2) is 0 Å². The molecular formula is C17H19NO5S. The van der Waals surface area contributed by atoms with Crippen LogP contribution >= 0.6 is 0 Å². The number of carboxylic acid groups (broad SMARTS) is 1. The SMILES string of the molecule is CCOc1ccc(S(=O)(=O)Nc2ccc(CC(=O)O)cc2)cc1C. The molecule has 7 heteroatoms. The van der Waals surface area contributed by atoms with Crippen LogP contribution in [0.3, 0.4) is 0 Å². The summed E-state index contributed by atoms with van der Waals surface area (Å²) >= 11 is 0. The number of aryl methyl sites for hydroxylation is 1. The van der Waals surface area contributed by atoms with Gasteiger partial charge in [-0.2, -0.15) is 0 Å². The topological polar surface area (TPSA) is 92.7 Å². The molecule has 0 heterocycles. The maximum absolute atomic E-state index is 12.4. The third kappa shape index (κ3) is 4.48. The highest BCUT2D eigenvalue weighted by Gasteiger charge is 2.16. The van der Waals surface area contributed by atoms with Gasteiger partial charge in [0.25, 0.3) is 10.0 Å². The van der Waals surface area contributed by atoms with E-state index in [4.69, 9.17) is 9.84 Å². The monoisotopic (exact) mass is 349 g/mol. The number of hydrogen-bond acceptors (Lipinski definition) is 4.